The van der Waals surface area contributed by atoms with Crippen LogP contribution in [0.4, 0.5) is 0 Å². The van der Waals surface area contributed by atoms with Crippen molar-refractivity contribution in [2.24, 2.45) is 0 Å². The highest BCUT2D eigenvalue weighted by molar-refractivity contribution is 8.23. The first kappa shape index (κ1) is 9.50. The van der Waals surface area contributed by atoms with E-state index in [1.54, 1.807) is 0 Å². The quantitative estimate of drug-likeness (QED) is 0.744. The lowest BCUT2D eigenvalue weighted by atomic mass is 10.4. The Morgan fingerprint density at radius 3 is 2.33 bits per heavy atom. The van der Waals surface area contributed by atoms with Gasteiger partial charge < -0.3 is 0 Å². The minimum atomic E-state index is -2.71. The van der Waals surface area contributed by atoms with Gasteiger partial charge in [-0.15, -0.1) is 5.10 Å². The average Bonchev–Trinajstić information content (AvgIpc) is 2.30. The molecule has 0 aliphatic heterocycles. The Morgan fingerprint density at radius 1 is 1.50 bits per heavy atom. The first-order valence-electron chi connectivity index (χ1n) is 3.56. The maximum Gasteiger partial charge on any atom is 0.188 e. The van der Waals surface area contributed by atoms with Crippen LogP contribution in [0.5, 0.6) is 0 Å². The van der Waals surface area contributed by atoms with E-state index in [1.807, 2.05) is 13.8 Å². The maximum absolute atomic E-state index is 9.21. The molecule has 0 atom stereocenters. The third kappa shape index (κ3) is 1.96. The van der Waals surface area contributed by atoms with Crippen molar-refractivity contribution in [3.63, 3.8) is 0 Å². The molecule has 0 saturated heterocycles. The van der Waals surface area contributed by atoms with Crippen LogP contribution < -0.4 is 0 Å². The van der Waals surface area contributed by atoms with Gasteiger partial charge in [0.25, 0.3) is 0 Å². The van der Waals surface area contributed by atoms with Crippen LogP contribution in [-0.2, 0) is 0 Å². The van der Waals surface area contributed by atoms with E-state index < -0.39 is 10.6 Å². The third-order valence-corrected chi connectivity index (χ3v) is 2.33. The van der Waals surface area contributed by atoms with Crippen molar-refractivity contribution in [2.75, 3.05) is 6.26 Å². The van der Waals surface area contributed by atoms with Crippen LogP contribution in [0.3, 0.4) is 0 Å². The molecular weight excluding hydrogens is 178 g/mol. The van der Waals surface area contributed by atoms with Crippen LogP contribution in [0.2, 0.25) is 0 Å². The van der Waals surface area contributed by atoms with Crippen molar-refractivity contribution >= 4 is 10.6 Å². The van der Waals surface area contributed by atoms with Gasteiger partial charge in [-0.2, -0.15) is 20.5 Å². The second kappa shape index (κ2) is 3.04. The van der Waals surface area contributed by atoms with E-state index in [4.69, 9.17) is 0 Å². The van der Waals surface area contributed by atoms with Crippen LogP contribution in [0.25, 0.3) is 0 Å². The number of hydrogen-bond acceptors (Lipinski definition) is 4. The molecule has 0 aliphatic rings. The lowest BCUT2D eigenvalue weighted by Crippen LogP contribution is -2.05. The summed E-state index contributed by atoms with van der Waals surface area (Å²) in [4.78, 5) is 1.45. The van der Waals surface area contributed by atoms with Crippen LogP contribution in [0, 0.1) is 0 Å². The minimum Gasteiger partial charge on any atom is -0.294 e. The fourth-order valence-electron chi connectivity index (χ4n) is 0.687. The zero-order valence-electron chi connectivity index (χ0n) is 7.30. The summed E-state index contributed by atoms with van der Waals surface area (Å²) in [5.74, 6) is 0. The largest absolute Gasteiger partial charge is 0.294 e. The second-order valence-corrected chi connectivity index (χ2v) is 5.02. The van der Waals surface area contributed by atoms with Gasteiger partial charge in [-0.05, 0) is 13.8 Å². The topological polar surface area (TPSA) is 71.2 Å². The molecule has 0 aromatic carbocycles. The molecule has 5 nitrogen and oxygen atoms in total. The molecule has 0 radical (unpaired) electrons. The summed E-state index contributed by atoms with van der Waals surface area (Å²) in [5, 5.41) is 8.06. The lowest BCUT2D eigenvalue weighted by Gasteiger charge is -2.22. The molecule has 0 unspecified atom stereocenters. The van der Waals surface area contributed by atoms with Crippen molar-refractivity contribution in [1.29, 1.82) is 0 Å². The molecule has 0 bridgehead atoms. The lowest BCUT2D eigenvalue weighted by molar-refractivity contribution is 0.449. The number of hydrogen-bond donors (Lipinski definition) is 2. The van der Waals surface area contributed by atoms with Gasteiger partial charge in [0.15, 0.2) is 5.03 Å². The monoisotopic (exact) mass is 191 g/mol. The molecule has 1 rings (SSSR count). The van der Waals surface area contributed by atoms with E-state index >= 15 is 0 Å². The third-order valence-electron chi connectivity index (χ3n) is 1.35. The van der Waals surface area contributed by atoms with E-state index in [9.17, 15) is 9.11 Å². The summed E-state index contributed by atoms with van der Waals surface area (Å²) < 4.78 is 18.4. The van der Waals surface area contributed by atoms with Gasteiger partial charge in [0.1, 0.15) is 0 Å². The average molecular weight is 191 g/mol. The zero-order chi connectivity index (χ0) is 9.35. The molecule has 6 heteroatoms. The molecule has 0 spiro atoms. The number of rotatable bonds is 2. The van der Waals surface area contributed by atoms with Crippen LogP contribution in [0.1, 0.15) is 19.9 Å². The highest BCUT2D eigenvalue weighted by Crippen LogP contribution is 2.41. The molecule has 12 heavy (non-hydrogen) atoms. The van der Waals surface area contributed by atoms with Crippen LogP contribution in [-0.4, -0.2) is 30.4 Å². The Hall–Kier alpha value is -0.590. The normalized spacial score (nSPS) is 13.8. The van der Waals surface area contributed by atoms with Crippen LogP contribution >= 0.6 is 10.6 Å². The summed E-state index contributed by atoms with van der Waals surface area (Å²) in [6, 6.07) is 0.139. The molecule has 1 heterocycles. The highest BCUT2D eigenvalue weighted by atomic mass is 32.3. The van der Waals surface area contributed by atoms with E-state index in [-0.39, 0.29) is 11.1 Å². The fourth-order valence-corrected chi connectivity index (χ4v) is 1.17. The highest BCUT2D eigenvalue weighted by Gasteiger charge is 2.13. The van der Waals surface area contributed by atoms with E-state index in [0.717, 1.165) is 0 Å². The Bertz CT molecular complexity index is 266. The minimum absolute atomic E-state index is 0.139. The molecule has 1 aromatic heterocycles. The molecule has 2 N–H and O–H groups in total. The molecule has 0 saturated carbocycles. The van der Waals surface area contributed by atoms with Crippen molar-refractivity contribution in [3.8, 4) is 0 Å². The standard InChI is InChI=1S/C6H13N3O2S/c1-5(2)9-7-4-6(8-9)12(3,10)11/h4-5,10-11H,1-3H3. The number of nitrogens with zero attached hydrogens (tertiary/aromatic N) is 3. The predicted octanol–water partition coefficient (Wildman–Crippen LogP) is 1.60. The van der Waals surface area contributed by atoms with Gasteiger partial charge >= 0.3 is 0 Å². The predicted molar refractivity (Wildman–Crippen MR) is 47.4 cm³/mol. The second-order valence-electron chi connectivity index (χ2n) is 2.93. The van der Waals surface area contributed by atoms with Crippen molar-refractivity contribution in [1.82, 2.24) is 15.0 Å². The van der Waals surface area contributed by atoms with Gasteiger partial charge in [0.05, 0.1) is 12.2 Å². The van der Waals surface area contributed by atoms with Gasteiger partial charge in [-0.3, -0.25) is 9.11 Å². The Labute approximate surface area is 72.8 Å². The summed E-state index contributed by atoms with van der Waals surface area (Å²) in [7, 11) is -2.71. The Kier molecular flexibility index (Phi) is 2.41. The molecule has 70 valence electrons. The molecule has 1 aromatic rings. The Morgan fingerprint density at radius 2 is 2.08 bits per heavy atom. The SMILES string of the molecule is CC(C)n1ncc(S(C)(O)O)n1. The molecular formula is C6H13N3O2S. The molecule has 0 amide bonds. The van der Waals surface area contributed by atoms with E-state index in [0.29, 0.717) is 0 Å². The summed E-state index contributed by atoms with van der Waals surface area (Å²) in [6.07, 6.45) is 2.72. The van der Waals surface area contributed by atoms with Gasteiger partial charge in [-0.1, -0.05) is 0 Å². The first-order valence-corrected chi connectivity index (χ1v) is 5.52. The fraction of sp³-hybridized carbons (Fsp3) is 0.667. The van der Waals surface area contributed by atoms with Crippen molar-refractivity contribution < 1.29 is 9.11 Å². The van der Waals surface area contributed by atoms with E-state index in [2.05, 4.69) is 10.2 Å². The molecule has 0 aliphatic carbocycles. The maximum atomic E-state index is 9.21. The first-order chi connectivity index (χ1) is 5.41. The van der Waals surface area contributed by atoms with E-state index in [1.165, 1.54) is 17.2 Å². The Balaban J connectivity index is 2.92. The number of aromatic nitrogens is 3. The van der Waals surface area contributed by atoms with Crippen molar-refractivity contribution in [2.45, 2.75) is 24.9 Å². The summed E-state index contributed by atoms with van der Waals surface area (Å²) in [6.45, 7) is 3.84. The van der Waals surface area contributed by atoms with Crippen molar-refractivity contribution in [3.05, 3.63) is 6.20 Å². The smallest absolute Gasteiger partial charge is 0.188 e. The van der Waals surface area contributed by atoms with Gasteiger partial charge in [0, 0.05) is 6.26 Å². The van der Waals surface area contributed by atoms with Gasteiger partial charge in [-0.25, -0.2) is 0 Å². The summed E-state index contributed by atoms with van der Waals surface area (Å²) >= 11 is 0. The molecule has 0 fully saturated rings. The summed E-state index contributed by atoms with van der Waals surface area (Å²) in [5.41, 5.74) is 0. The van der Waals surface area contributed by atoms with Gasteiger partial charge in [0.2, 0.25) is 0 Å². The van der Waals surface area contributed by atoms with Crippen LogP contribution in [0.15, 0.2) is 11.2 Å². The zero-order valence-corrected chi connectivity index (χ0v) is 8.12.